The molecule has 3 heterocycles. The largest absolute Gasteiger partial charge is 0.341 e. The highest BCUT2D eigenvalue weighted by molar-refractivity contribution is 5.83. The number of carbonyl (C=O) groups excluding carboxylic acids is 2. The van der Waals surface area contributed by atoms with E-state index in [1.807, 2.05) is 34.1 Å². The number of carbonyl (C=O) groups is 2. The fraction of sp³-hybridized carbons (Fsp3) is 0.591. The van der Waals surface area contributed by atoms with Crippen LogP contribution in [0.3, 0.4) is 0 Å². The molecular formula is C22H30N4O2. The number of benzene rings is 1. The fourth-order valence-electron chi connectivity index (χ4n) is 4.48. The van der Waals surface area contributed by atoms with Crippen molar-refractivity contribution >= 4 is 22.8 Å². The van der Waals surface area contributed by atoms with Gasteiger partial charge in [-0.05, 0) is 52.2 Å². The highest BCUT2D eigenvalue weighted by Crippen LogP contribution is 2.34. The number of fused-ring (bicyclic) bond motifs is 1. The number of hydrogen-bond donors (Lipinski definition) is 0. The van der Waals surface area contributed by atoms with Gasteiger partial charge in [-0.1, -0.05) is 12.1 Å². The summed E-state index contributed by atoms with van der Waals surface area (Å²) in [6, 6.07) is 7.96. The number of hydrogen-bond acceptors (Lipinski definition) is 3. The summed E-state index contributed by atoms with van der Waals surface area (Å²) in [5.74, 6) is 1.21. The molecule has 0 aliphatic carbocycles. The maximum atomic E-state index is 13.0. The van der Waals surface area contributed by atoms with Gasteiger partial charge in [-0.25, -0.2) is 4.98 Å². The van der Waals surface area contributed by atoms with Crippen molar-refractivity contribution in [3.05, 3.63) is 30.1 Å². The predicted octanol–water partition coefficient (Wildman–Crippen LogP) is 3.16. The molecule has 0 radical (unpaired) electrons. The van der Waals surface area contributed by atoms with Crippen LogP contribution in [0.1, 0.15) is 58.2 Å². The molecule has 2 aromatic rings. The minimum Gasteiger partial charge on any atom is -0.341 e. The third kappa shape index (κ3) is 3.52. The molecule has 1 aromatic heterocycles. The number of amides is 2. The molecule has 1 aromatic carbocycles. The molecule has 2 aliphatic rings. The predicted molar refractivity (Wildman–Crippen MR) is 109 cm³/mol. The summed E-state index contributed by atoms with van der Waals surface area (Å²) >= 11 is 0. The van der Waals surface area contributed by atoms with Gasteiger partial charge in [0.05, 0.1) is 11.0 Å². The highest BCUT2D eigenvalue weighted by Gasteiger charge is 2.39. The van der Waals surface area contributed by atoms with Crippen LogP contribution in [0.5, 0.6) is 0 Å². The lowest BCUT2D eigenvalue weighted by Crippen LogP contribution is -2.42. The summed E-state index contributed by atoms with van der Waals surface area (Å²) in [6.07, 6.45) is 3.83. The Morgan fingerprint density at radius 3 is 2.54 bits per heavy atom. The molecule has 6 nitrogen and oxygen atoms in total. The van der Waals surface area contributed by atoms with Crippen LogP contribution in [0.25, 0.3) is 11.0 Å². The smallest absolute Gasteiger partial charge is 0.242 e. The van der Waals surface area contributed by atoms with E-state index in [9.17, 15) is 9.59 Å². The zero-order valence-electron chi connectivity index (χ0n) is 17.1. The number of rotatable bonds is 3. The van der Waals surface area contributed by atoms with Crippen LogP contribution in [-0.4, -0.2) is 56.3 Å². The van der Waals surface area contributed by atoms with Crippen molar-refractivity contribution < 1.29 is 9.59 Å². The van der Waals surface area contributed by atoms with Crippen LogP contribution >= 0.6 is 0 Å². The van der Waals surface area contributed by atoms with E-state index in [4.69, 9.17) is 4.98 Å². The number of likely N-dealkylation sites (tertiary alicyclic amines) is 2. The quantitative estimate of drug-likeness (QED) is 0.819. The average Bonchev–Trinajstić information content (AvgIpc) is 3.23. The van der Waals surface area contributed by atoms with Crippen molar-refractivity contribution in [3.8, 4) is 0 Å². The minimum atomic E-state index is -0.202. The second-order valence-electron chi connectivity index (χ2n) is 9.06. The summed E-state index contributed by atoms with van der Waals surface area (Å²) < 4.78 is 2.05. The second kappa shape index (κ2) is 7.22. The molecule has 0 spiro atoms. The molecule has 28 heavy (non-hydrogen) atoms. The van der Waals surface area contributed by atoms with Gasteiger partial charge in [0.2, 0.25) is 11.8 Å². The average molecular weight is 383 g/mol. The molecule has 0 bridgehead atoms. The summed E-state index contributed by atoms with van der Waals surface area (Å²) in [6.45, 7) is 8.85. The van der Waals surface area contributed by atoms with Crippen molar-refractivity contribution in [3.63, 3.8) is 0 Å². The van der Waals surface area contributed by atoms with E-state index in [0.717, 1.165) is 42.8 Å². The van der Waals surface area contributed by atoms with E-state index < -0.39 is 0 Å². The Labute approximate surface area is 166 Å². The monoisotopic (exact) mass is 382 g/mol. The molecule has 0 N–H and O–H groups in total. The number of aromatic nitrogens is 2. The van der Waals surface area contributed by atoms with Crippen LogP contribution < -0.4 is 0 Å². The van der Waals surface area contributed by atoms with E-state index in [-0.39, 0.29) is 23.3 Å². The number of imidazole rings is 1. The summed E-state index contributed by atoms with van der Waals surface area (Å²) in [4.78, 5) is 34.3. The lowest BCUT2D eigenvalue weighted by molar-refractivity contribution is -0.133. The van der Waals surface area contributed by atoms with Gasteiger partial charge in [0, 0.05) is 37.5 Å². The zero-order chi connectivity index (χ0) is 19.9. The Bertz CT molecular complexity index is 890. The lowest BCUT2D eigenvalue weighted by atomic mass is 10.1. The third-order valence-electron chi connectivity index (χ3n) is 5.99. The number of nitrogens with zero attached hydrogens (tertiary/aromatic N) is 4. The van der Waals surface area contributed by atoms with Gasteiger partial charge in [-0.15, -0.1) is 0 Å². The maximum absolute atomic E-state index is 13.0. The van der Waals surface area contributed by atoms with E-state index in [1.165, 1.54) is 6.42 Å². The molecule has 2 aliphatic heterocycles. The number of piperidine rings is 1. The van der Waals surface area contributed by atoms with Crippen molar-refractivity contribution in [1.82, 2.24) is 19.4 Å². The molecule has 6 heteroatoms. The van der Waals surface area contributed by atoms with E-state index in [0.29, 0.717) is 19.5 Å². The first-order valence-corrected chi connectivity index (χ1v) is 10.4. The molecule has 1 unspecified atom stereocenters. The number of para-hydroxylation sites is 2. The van der Waals surface area contributed by atoms with Crippen LogP contribution in [0.2, 0.25) is 0 Å². The van der Waals surface area contributed by atoms with Gasteiger partial charge in [0.15, 0.2) is 0 Å². The van der Waals surface area contributed by atoms with Crippen molar-refractivity contribution in [2.75, 3.05) is 19.6 Å². The zero-order valence-corrected chi connectivity index (χ0v) is 17.1. The minimum absolute atomic E-state index is 0.0216. The van der Waals surface area contributed by atoms with Gasteiger partial charge in [0.1, 0.15) is 12.4 Å². The first-order valence-electron chi connectivity index (χ1n) is 10.4. The maximum Gasteiger partial charge on any atom is 0.242 e. The van der Waals surface area contributed by atoms with Gasteiger partial charge in [-0.3, -0.25) is 9.59 Å². The standard InChI is InChI=1S/C22H30N4O2/c1-22(2,3)26-14-16(13-19(26)27)21-23-17-9-5-6-10-18(17)25(21)15-20(28)24-11-7-4-8-12-24/h5-6,9-10,16H,4,7-8,11-15H2,1-3H3. The lowest BCUT2D eigenvalue weighted by Gasteiger charge is -2.32. The van der Waals surface area contributed by atoms with E-state index in [1.54, 1.807) is 0 Å². The molecule has 1 atom stereocenters. The topological polar surface area (TPSA) is 58.4 Å². The molecule has 0 saturated carbocycles. The van der Waals surface area contributed by atoms with Gasteiger partial charge < -0.3 is 14.4 Å². The summed E-state index contributed by atoms with van der Waals surface area (Å²) in [7, 11) is 0. The molecule has 2 fully saturated rings. The molecular weight excluding hydrogens is 352 g/mol. The third-order valence-corrected chi connectivity index (χ3v) is 5.99. The first-order chi connectivity index (χ1) is 13.3. The van der Waals surface area contributed by atoms with Crippen LogP contribution in [0, 0.1) is 0 Å². The summed E-state index contributed by atoms with van der Waals surface area (Å²) in [5.41, 5.74) is 1.67. The Morgan fingerprint density at radius 2 is 1.86 bits per heavy atom. The molecule has 2 amide bonds. The molecule has 150 valence electrons. The van der Waals surface area contributed by atoms with E-state index in [2.05, 4.69) is 25.3 Å². The van der Waals surface area contributed by atoms with Crippen molar-refractivity contribution in [2.24, 2.45) is 0 Å². The highest BCUT2D eigenvalue weighted by atomic mass is 16.2. The first kappa shape index (κ1) is 19.0. The second-order valence-corrected chi connectivity index (χ2v) is 9.06. The van der Waals surface area contributed by atoms with Gasteiger partial charge in [0.25, 0.3) is 0 Å². The van der Waals surface area contributed by atoms with Crippen LogP contribution in [0.4, 0.5) is 0 Å². The fourth-order valence-corrected chi connectivity index (χ4v) is 4.48. The van der Waals surface area contributed by atoms with Crippen LogP contribution in [0.15, 0.2) is 24.3 Å². The van der Waals surface area contributed by atoms with Crippen LogP contribution in [-0.2, 0) is 16.1 Å². The normalized spacial score (nSPS) is 21.0. The van der Waals surface area contributed by atoms with E-state index >= 15 is 0 Å². The van der Waals surface area contributed by atoms with Gasteiger partial charge >= 0.3 is 0 Å². The van der Waals surface area contributed by atoms with Crippen molar-refractivity contribution in [1.29, 1.82) is 0 Å². The van der Waals surface area contributed by atoms with Crippen molar-refractivity contribution in [2.45, 2.75) is 64.5 Å². The van der Waals surface area contributed by atoms with Gasteiger partial charge in [-0.2, -0.15) is 0 Å². The molecule has 4 rings (SSSR count). The molecule has 2 saturated heterocycles. The Balaban J connectivity index is 1.66. The SMILES string of the molecule is CC(C)(C)N1CC(c2nc3ccccc3n2CC(=O)N2CCCCC2)CC1=O. The Hall–Kier alpha value is -2.37. The summed E-state index contributed by atoms with van der Waals surface area (Å²) in [5, 5.41) is 0. The Kier molecular flexibility index (Phi) is 4.89. The Morgan fingerprint density at radius 1 is 1.14 bits per heavy atom.